The van der Waals surface area contributed by atoms with E-state index in [1.54, 1.807) is 34.4 Å². The molecule has 1 aromatic carbocycles. The molecule has 0 aliphatic carbocycles. The lowest BCUT2D eigenvalue weighted by Crippen LogP contribution is -2.38. The van der Waals surface area contributed by atoms with Gasteiger partial charge in [0.05, 0.1) is 12.2 Å². The van der Waals surface area contributed by atoms with Gasteiger partial charge in [-0.05, 0) is 45.6 Å². The Balaban J connectivity index is 1.99. The molecule has 3 nitrogen and oxygen atoms in total. The van der Waals surface area contributed by atoms with Crippen LogP contribution in [-0.2, 0) is 11.3 Å². The minimum Gasteiger partial charge on any atom is -0.482 e. The average molecular weight is 359 g/mol. The molecule has 3 rings (SSSR count). The molecule has 0 fully saturated rings. The molecular formula is C13H9BrClNO2S. The normalized spacial score (nSPS) is 14.2. The first-order valence-electron chi connectivity index (χ1n) is 5.60. The fraction of sp³-hybridized carbons (Fsp3) is 0.154. The molecule has 2 aromatic rings. The maximum Gasteiger partial charge on any atom is 0.265 e. The van der Waals surface area contributed by atoms with Gasteiger partial charge in [0.2, 0.25) is 0 Å². The van der Waals surface area contributed by atoms with Gasteiger partial charge in [0.1, 0.15) is 5.75 Å². The van der Waals surface area contributed by atoms with Crippen LogP contribution in [0.3, 0.4) is 0 Å². The number of carbonyl (C=O) groups is 1. The zero-order chi connectivity index (χ0) is 13.4. The van der Waals surface area contributed by atoms with Crippen molar-refractivity contribution in [3.05, 3.63) is 44.0 Å². The fourth-order valence-corrected chi connectivity index (χ4v) is 3.56. The maximum atomic E-state index is 12.1. The second kappa shape index (κ2) is 5.15. The van der Waals surface area contributed by atoms with E-state index in [2.05, 4.69) is 15.9 Å². The van der Waals surface area contributed by atoms with E-state index < -0.39 is 0 Å². The molecule has 1 aliphatic rings. The van der Waals surface area contributed by atoms with Crippen molar-refractivity contribution in [3.8, 4) is 5.75 Å². The highest BCUT2D eigenvalue weighted by Crippen LogP contribution is 2.36. The number of anilines is 1. The lowest BCUT2D eigenvalue weighted by molar-refractivity contribution is -0.121. The van der Waals surface area contributed by atoms with E-state index in [-0.39, 0.29) is 12.5 Å². The van der Waals surface area contributed by atoms with Gasteiger partial charge < -0.3 is 9.64 Å². The minimum absolute atomic E-state index is 0.0601. The van der Waals surface area contributed by atoms with Gasteiger partial charge in [0, 0.05) is 14.4 Å². The Morgan fingerprint density at radius 1 is 1.42 bits per heavy atom. The maximum absolute atomic E-state index is 12.1. The van der Waals surface area contributed by atoms with E-state index in [0.717, 1.165) is 15.0 Å². The zero-order valence-electron chi connectivity index (χ0n) is 9.73. The van der Waals surface area contributed by atoms with Crippen LogP contribution in [-0.4, -0.2) is 12.5 Å². The molecule has 2 heterocycles. The zero-order valence-corrected chi connectivity index (χ0v) is 12.9. The standard InChI is InChI=1S/C13H9BrClNO2S/c14-9-3-4-19-12(9)6-16-10-5-8(15)1-2-11(10)18-7-13(16)17/h1-5H,6-7H2. The summed E-state index contributed by atoms with van der Waals surface area (Å²) in [6.45, 7) is 0.589. The molecule has 1 aliphatic heterocycles. The summed E-state index contributed by atoms with van der Waals surface area (Å²) in [5.74, 6) is 0.631. The van der Waals surface area contributed by atoms with Gasteiger partial charge in [-0.25, -0.2) is 0 Å². The Labute approximate surface area is 127 Å². The number of amides is 1. The van der Waals surface area contributed by atoms with Crippen molar-refractivity contribution in [2.75, 3.05) is 11.5 Å². The van der Waals surface area contributed by atoms with Crippen LogP contribution in [0, 0.1) is 0 Å². The van der Waals surface area contributed by atoms with Crippen LogP contribution < -0.4 is 9.64 Å². The third-order valence-electron chi connectivity index (χ3n) is 2.86. The second-order valence-electron chi connectivity index (χ2n) is 4.07. The largest absolute Gasteiger partial charge is 0.482 e. The average Bonchev–Trinajstić information content (AvgIpc) is 2.79. The number of nitrogens with zero attached hydrogens (tertiary/aromatic N) is 1. The summed E-state index contributed by atoms with van der Waals surface area (Å²) >= 11 is 11.1. The van der Waals surface area contributed by atoms with Crippen molar-refractivity contribution in [1.29, 1.82) is 0 Å². The number of rotatable bonds is 2. The number of hydrogen-bond acceptors (Lipinski definition) is 3. The minimum atomic E-state index is -0.0601. The van der Waals surface area contributed by atoms with E-state index in [1.165, 1.54) is 0 Å². The SMILES string of the molecule is O=C1COc2ccc(Cl)cc2N1Cc1sccc1Br. The van der Waals surface area contributed by atoms with Gasteiger partial charge in [-0.15, -0.1) is 11.3 Å². The summed E-state index contributed by atoms with van der Waals surface area (Å²) < 4.78 is 6.43. The van der Waals surface area contributed by atoms with Crippen molar-refractivity contribution in [2.45, 2.75) is 6.54 Å². The lowest BCUT2D eigenvalue weighted by atomic mass is 10.2. The molecule has 0 unspecified atom stereocenters. The molecule has 0 radical (unpaired) electrons. The van der Waals surface area contributed by atoms with Gasteiger partial charge in [0.15, 0.2) is 6.61 Å². The Bertz CT molecular complexity index is 643. The summed E-state index contributed by atoms with van der Waals surface area (Å²) in [5, 5.41) is 2.58. The summed E-state index contributed by atoms with van der Waals surface area (Å²) in [4.78, 5) is 14.9. The van der Waals surface area contributed by atoms with E-state index in [1.807, 2.05) is 11.4 Å². The fourth-order valence-electron chi connectivity index (χ4n) is 1.93. The number of fused-ring (bicyclic) bond motifs is 1. The summed E-state index contributed by atoms with van der Waals surface area (Å²) in [7, 11) is 0. The number of benzene rings is 1. The highest BCUT2D eigenvalue weighted by Gasteiger charge is 2.26. The van der Waals surface area contributed by atoms with E-state index >= 15 is 0 Å². The lowest BCUT2D eigenvalue weighted by Gasteiger charge is -2.29. The van der Waals surface area contributed by atoms with Crippen molar-refractivity contribution >= 4 is 50.5 Å². The smallest absolute Gasteiger partial charge is 0.265 e. The Morgan fingerprint density at radius 3 is 3.00 bits per heavy atom. The quantitative estimate of drug-likeness (QED) is 0.809. The van der Waals surface area contributed by atoms with Gasteiger partial charge in [0.25, 0.3) is 5.91 Å². The third kappa shape index (κ3) is 2.50. The molecular weight excluding hydrogens is 350 g/mol. The van der Waals surface area contributed by atoms with E-state index in [4.69, 9.17) is 16.3 Å². The second-order valence-corrected chi connectivity index (χ2v) is 6.36. The van der Waals surface area contributed by atoms with Crippen LogP contribution in [0.2, 0.25) is 5.02 Å². The molecule has 6 heteroatoms. The van der Waals surface area contributed by atoms with Crippen LogP contribution in [0.15, 0.2) is 34.1 Å². The predicted octanol–water partition coefficient (Wildman–Crippen LogP) is 4.09. The number of thiophene rings is 1. The highest BCUT2D eigenvalue weighted by atomic mass is 79.9. The topological polar surface area (TPSA) is 29.5 Å². The monoisotopic (exact) mass is 357 g/mol. The van der Waals surface area contributed by atoms with Gasteiger partial charge >= 0.3 is 0 Å². The molecule has 0 saturated heterocycles. The van der Waals surface area contributed by atoms with Crippen molar-refractivity contribution in [3.63, 3.8) is 0 Å². The van der Waals surface area contributed by atoms with Crippen LogP contribution in [0.1, 0.15) is 4.88 Å². The molecule has 0 atom stereocenters. The molecule has 0 N–H and O–H groups in total. The molecule has 0 saturated carbocycles. The highest BCUT2D eigenvalue weighted by molar-refractivity contribution is 9.10. The number of hydrogen-bond donors (Lipinski definition) is 0. The van der Waals surface area contributed by atoms with Crippen molar-refractivity contribution in [2.24, 2.45) is 0 Å². The summed E-state index contributed by atoms with van der Waals surface area (Å²) in [6, 6.07) is 7.29. The Kier molecular flexibility index (Phi) is 3.52. The Hall–Kier alpha value is -1.04. The summed E-state index contributed by atoms with van der Waals surface area (Å²) in [5.41, 5.74) is 0.726. The van der Waals surface area contributed by atoms with Gasteiger partial charge in [-0.1, -0.05) is 11.6 Å². The number of halogens is 2. The van der Waals surface area contributed by atoms with Crippen LogP contribution >= 0.6 is 38.9 Å². The molecule has 98 valence electrons. The number of carbonyl (C=O) groups excluding carboxylic acids is 1. The number of ether oxygens (including phenoxy) is 1. The third-order valence-corrected chi connectivity index (χ3v) is 5.00. The van der Waals surface area contributed by atoms with Gasteiger partial charge in [-0.3, -0.25) is 4.79 Å². The predicted molar refractivity (Wildman–Crippen MR) is 80.2 cm³/mol. The van der Waals surface area contributed by atoms with E-state index in [0.29, 0.717) is 17.3 Å². The van der Waals surface area contributed by atoms with Crippen LogP contribution in [0.5, 0.6) is 5.75 Å². The van der Waals surface area contributed by atoms with Crippen LogP contribution in [0.4, 0.5) is 5.69 Å². The van der Waals surface area contributed by atoms with Crippen molar-refractivity contribution in [1.82, 2.24) is 0 Å². The molecule has 1 amide bonds. The van der Waals surface area contributed by atoms with E-state index in [9.17, 15) is 4.79 Å². The van der Waals surface area contributed by atoms with Crippen molar-refractivity contribution < 1.29 is 9.53 Å². The van der Waals surface area contributed by atoms with Crippen LogP contribution in [0.25, 0.3) is 0 Å². The summed E-state index contributed by atoms with van der Waals surface area (Å²) in [6.07, 6.45) is 0. The molecule has 1 aromatic heterocycles. The van der Waals surface area contributed by atoms with Gasteiger partial charge in [-0.2, -0.15) is 0 Å². The Morgan fingerprint density at radius 2 is 2.26 bits per heavy atom. The first kappa shape index (κ1) is 13.0. The molecule has 0 spiro atoms. The first-order valence-corrected chi connectivity index (χ1v) is 7.65. The molecule has 19 heavy (non-hydrogen) atoms. The first-order chi connectivity index (χ1) is 9.15. The molecule has 0 bridgehead atoms.